The lowest BCUT2D eigenvalue weighted by atomic mass is 10.1. The van der Waals surface area contributed by atoms with E-state index in [1.54, 1.807) is 0 Å². The predicted octanol–water partition coefficient (Wildman–Crippen LogP) is 1.85. The van der Waals surface area contributed by atoms with Gasteiger partial charge >= 0.3 is 5.97 Å². The topological polar surface area (TPSA) is 51.7 Å². The van der Waals surface area contributed by atoms with E-state index in [2.05, 4.69) is 9.88 Å². The Hall–Kier alpha value is -1.14. The van der Waals surface area contributed by atoms with Gasteiger partial charge in [0.1, 0.15) is 4.88 Å². The molecule has 0 amide bonds. The first-order valence-corrected chi connectivity index (χ1v) is 6.81. The van der Waals surface area contributed by atoms with Gasteiger partial charge in [-0.3, -0.25) is 0 Å². The van der Waals surface area contributed by atoms with E-state index in [1.807, 2.05) is 14.0 Å². The van der Waals surface area contributed by atoms with E-state index in [1.165, 1.54) is 18.4 Å². The fraction of sp³-hybridized carbons (Fsp3) is 0.667. The fourth-order valence-corrected chi connectivity index (χ4v) is 3.06. The molecule has 1 fully saturated rings. The van der Waals surface area contributed by atoms with Crippen LogP contribution in [-0.4, -0.2) is 44.4 Å². The number of thiazole rings is 1. The van der Waals surface area contributed by atoms with Crippen molar-refractivity contribution in [3.63, 3.8) is 0 Å². The normalized spacial score (nSPS) is 16.6. The molecule has 0 unspecified atom stereocenters. The molecule has 0 aliphatic carbocycles. The van der Waals surface area contributed by atoms with Crippen LogP contribution >= 0.6 is 11.3 Å². The SMILES string of the molecule is COC(=O)c1sc(N(C)C2CCOCC2)nc1C. The number of methoxy groups -OCH3 is 1. The lowest BCUT2D eigenvalue weighted by Crippen LogP contribution is -2.36. The molecule has 18 heavy (non-hydrogen) atoms. The standard InChI is InChI=1S/C12H18N2O3S/c1-8-10(11(15)16-3)18-12(13-8)14(2)9-4-6-17-7-5-9/h9H,4-7H2,1-3H3. The van der Waals surface area contributed by atoms with Crippen molar-refractivity contribution in [2.24, 2.45) is 0 Å². The van der Waals surface area contributed by atoms with E-state index in [-0.39, 0.29) is 5.97 Å². The monoisotopic (exact) mass is 270 g/mol. The quantitative estimate of drug-likeness (QED) is 0.785. The summed E-state index contributed by atoms with van der Waals surface area (Å²) in [5, 5.41) is 0.875. The van der Waals surface area contributed by atoms with Crippen LogP contribution < -0.4 is 4.90 Å². The lowest BCUT2D eigenvalue weighted by molar-refractivity contribution is 0.0605. The molecule has 0 saturated carbocycles. The van der Waals surface area contributed by atoms with Crippen molar-refractivity contribution in [3.8, 4) is 0 Å². The van der Waals surface area contributed by atoms with E-state index >= 15 is 0 Å². The minimum atomic E-state index is -0.309. The average molecular weight is 270 g/mol. The number of esters is 1. The number of aromatic nitrogens is 1. The van der Waals surface area contributed by atoms with Gasteiger partial charge in [-0.15, -0.1) is 0 Å². The second-order valence-electron chi connectivity index (χ2n) is 4.36. The minimum Gasteiger partial charge on any atom is -0.465 e. The summed E-state index contributed by atoms with van der Waals surface area (Å²) >= 11 is 1.39. The van der Waals surface area contributed by atoms with Crippen LogP contribution in [0.4, 0.5) is 5.13 Å². The van der Waals surface area contributed by atoms with Crippen molar-refractivity contribution in [1.82, 2.24) is 4.98 Å². The molecule has 1 aromatic rings. The molecule has 2 rings (SSSR count). The summed E-state index contributed by atoms with van der Waals surface area (Å²) < 4.78 is 10.1. The predicted molar refractivity (Wildman–Crippen MR) is 70.4 cm³/mol. The summed E-state index contributed by atoms with van der Waals surface area (Å²) in [6.07, 6.45) is 2.01. The van der Waals surface area contributed by atoms with Gasteiger partial charge in [0.2, 0.25) is 0 Å². The Kier molecular flexibility index (Phi) is 4.19. The van der Waals surface area contributed by atoms with Crippen molar-refractivity contribution in [3.05, 3.63) is 10.6 Å². The highest BCUT2D eigenvalue weighted by molar-refractivity contribution is 7.17. The van der Waals surface area contributed by atoms with Crippen LogP contribution in [-0.2, 0) is 9.47 Å². The molecule has 2 heterocycles. The van der Waals surface area contributed by atoms with E-state index in [0.717, 1.165) is 36.9 Å². The number of anilines is 1. The molecular formula is C12H18N2O3S. The van der Waals surface area contributed by atoms with E-state index in [9.17, 15) is 4.79 Å². The summed E-state index contributed by atoms with van der Waals surface area (Å²) in [7, 11) is 3.42. The Bertz CT molecular complexity index is 427. The zero-order valence-corrected chi connectivity index (χ0v) is 11.7. The summed E-state index contributed by atoms with van der Waals surface area (Å²) in [5.41, 5.74) is 0.737. The van der Waals surface area contributed by atoms with Gasteiger partial charge in [0.05, 0.1) is 12.8 Å². The van der Waals surface area contributed by atoms with Crippen LogP contribution in [0.15, 0.2) is 0 Å². The van der Waals surface area contributed by atoms with E-state index in [0.29, 0.717) is 10.9 Å². The van der Waals surface area contributed by atoms with Gasteiger partial charge in [0.25, 0.3) is 0 Å². The van der Waals surface area contributed by atoms with Gasteiger partial charge in [-0.05, 0) is 19.8 Å². The molecule has 1 aliphatic heterocycles. The molecule has 100 valence electrons. The maximum Gasteiger partial charge on any atom is 0.350 e. The third-order valence-corrected chi connectivity index (χ3v) is 4.42. The summed E-state index contributed by atoms with van der Waals surface area (Å²) in [6, 6.07) is 0.440. The van der Waals surface area contributed by atoms with Gasteiger partial charge < -0.3 is 14.4 Å². The number of hydrogen-bond donors (Lipinski definition) is 0. The second kappa shape index (κ2) is 5.67. The maximum atomic E-state index is 11.6. The third kappa shape index (κ3) is 2.64. The van der Waals surface area contributed by atoms with Gasteiger partial charge in [-0.25, -0.2) is 9.78 Å². The number of ether oxygens (including phenoxy) is 2. The Morgan fingerprint density at radius 1 is 1.50 bits per heavy atom. The van der Waals surface area contributed by atoms with Gasteiger partial charge in [0, 0.05) is 26.3 Å². The van der Waals surface area contributed by atoms with Gasteiger partial charge in [-0.1, -0.05) is 11.3 Å². The first-order valence-electron chi connectivity index (χ1n) is 5.99. The highest BCUT2D eigenvalue weighted by Crippen LogP contribution is 2.29. The molecule has 0 spiro atoms. The zero-order chi connectivity index (χ0) is 13.1. The zero-order valence-electron chi connectivity index (χ0n) is 10.9. The Morgan fingerprint density at radius 3 is 2.78 bits per heavy atom. The van der Waals surface area contributed by atoms with Crippen molar-refractivity contribution < 1.29 is 14.3 Å². The van der Waals surface area contributed by atoms with Crippen molar-refractivity contribution in [1.29, 1.82) is 0 Å². The third-order valence-electron chi connectivity index (χ3n) is 3.20. The molecule has 0 N–H and O–H groups in total. The largest absolute Gasteiger partial charge is 0.465 e. The maximum absolute atomic E-state index is 11.6. The van der Waals surface area contributed by atoms with Gasteiger partial charge in [0.15, 0.2) is 5.13 Å². The molecule has 0 bridgehead atoms. The highest BCUT2D eigenvalue weighted by Gasteiger charge is 2.23. The molecule has 6 heteroatoms. The number of rotatable bonds is 3. The molecule has 0 aromatic carbocycles. The molecule has 1 aromatic heterocycles. The molecule has 1 saturated heterocycles. The second-order valence-corrected chi connectivity index (χ2v) is 5.33. The number of nitrogens with zero attached hydrogens (tertiary/aromatic N) is 2. The summed E-state index contributed by atoms with van der Waals surface area (Å²) in [6.45, 7) is 3.43. The van der Waals surface area contributed by atoms with Crippen molar-refractivity contribution >= 4 is 22.4 Å². The van der Waals surface area contributed by atoms with E-state index < -0.39 is 0 Å². The summed E-state index contributed by atoms with van der Waals surface area (Å²) in [5.74, 6) is -0.309. The van der Waals surface area contributed by atoms with E-state index in [4.69, 9.17) is 9.47 Å². The average Bonchev–Trinajstić information content (AvgIpc) is 2.80. The number of aryl methyl sites for hydroxylation is 1. The highest BCUT2D eigenvalue weighted by atomic mass is 32.1. The number of carbonyl (C=O) groups excluding carboxylic acids is 1. The van der Waals surface area contributed by atoms with Crippen LogP contribution in [0.3, 0.4) is 0 Å². The van der Waals surface area contributed by atoms with Crippen LogP contribution in [0.25, 0.3) is 0 Å². The number of carbonyl (C=O) groups is 1. The lowest BCUT2D eigenvalue weighted by Gasteiger charge is -2.30. The van der Waals surface area contributed by atoms with Crippen LogP contribution in [0.5, 0.6) is 0 Å². The fourth-order valence-electron chi connectivity index (χ4n) is 2.04. The minimum absolute atomic E-state index is 0.309. The molecule has 5 nitrogen and oxygen atoms in total. The molecule has 0 atom stereocenters. The molecule has 1 aliphatic rings. The Balaban J connectivity index is 2.15. The first kappa shape index (κ1) is 13.3. The number of hydrogen-bond acceptors (Lipinski definition) is 6. The van der Waals surface area contributed by atoms with Crippen LogP contribution in [0.2, 0.25) is 0 Å². The Morgan fingerprint density at radius 2 is 2.17 bits per heavy atom. The van der Waals surface area contributed by atoms with Crippen molar-refractivity contribution in [2.45, 2.75) is 25.8 Å². The van der Waals surface area contributed by atoms with Crippen LogP contribution in [0.1, 0.15) is 28.2 Å². The van der Waals surface area contributed by atoms with Crippen molar-refractivity contribution in [2.75, 3.05) is 32.3 Å². The first-order chi connectivity index (χ1) is 8.63. The smallest absolute Gasteiger partial charge is 0.350 e. The summed E-state index contributed by atoms with van der Waals surface area (Å²) in [4.78, 5) is 18.7. The Labute approximate surface area is 111 Å². The molecule has 0 radical (unpaired) electrons. The van der Waals surface area contributed by atoms with Gasteiger partial charge in [-0.2, -0.15) is 0 Å². The van der Waals surface area contributed by atoms with Crippen LogP contribution in [0, 0.1) is 6.92 Å². The molecular weight excluding hydrogens is 252 g/mol.